The van der Waals surface area contributed by atoms with Crippen molar-refractivity contribution < 1.29 is 24.5 Å². The number of ether oxygens (including phenoxy) is 1. The number of nitrogens with one attached hydrogen (secondary N) is 2. The number of nitrogens with zero attached hydrogens (tertiary/aromatic N) is 1. The number of rotatable bonds is 12. The molecule has 4 N–H and O–H groups in total. The Balaban J connectivity index is 1.25. The number of carboxylic acids is 1. The maximum atomic E-state index is 12.9. The number of carbonyl (C=O) groups excluding carboxylic acids is 1. The average molecular weight is 494 g/mol. The van der Waals surface area contributed by atoms with Crippen LogP contribution in [0.4, 0.5) is 5.69 Å². The molecular formula is C28H35N3O5. The number of benzene rings is 2. The van der Waals surface area contributed by atoms with Crippen LogP contribution in [0.15, 0.2) is 53.5 Å². The van der Waals surface area contributed by atoms with Gasteiger partial charge in [0, 0.05) is 6.42 Å². The number of piperidine rings is 1. The highest BCUT2D eigenvalue weighted by Gasteiger charge is 2.33. The summed E-state index contributed by atoms with van der Waals surface area (Å²) in [6.07, 6.45) is 6.09. The Morgan fingerprint density at radius 3 is 2.56 bits per heavy atom. The van der Waals surface area contributed by atoms with Gasteiger partial charge >= 0.3 is 5.97 Å². The van der Waals surface area contributed by atoms with Crippen molar-refractivity contribution in [2.75, 3.05) is 26.3 Å². The molecule has 1 saturated heterocycles. The first-order valence-corrected chi connectivity index (χ1v) is 12.8. The predicted molar refractivity (Wildman–Crippen MR) is 138 cm³/mol. The van der Waals surface area contributed by atoms with E-state index in [1.54, 1.807) is 12.1 Å². The van der Waals surface area contributed by atoms with E-state index in [-0.39, 0.29) is 18.7 Å². The van der Waals surface area contributed by atoms with Gasteiger partial charge in [-0.1, -0.05) is 36.8 Å². The van der Waals surface area contributed by atoms with E-state index in [4.69, 9.17) is 4.74 Å². The normalized spacial score (nSPS) is 18.2. The molecule has 0 aromatic heterocycles. The van der Waals surface area contributed by atoms with Gasteiger partial charge in [-0.3, -0.25) is 4.79 Å². The molecule has 8 nitrogen and oxygen atoms in total. The lowest BCUT2D eigenvalue weighted by molar-refractivity contribution is -0.141. The van der Waals surface area contributed by atoms with Crippen LogP contribution in [0.3, 0.4) is 0 Å². The molecule has 2 aromatic rings. The largest absolute Gasteiger partial charge is 0.494 e. The van der Waals surface area contributed by atoms with E-state index < -0.39 is 23.8 Å². The van der Waals surface area contributed by atoms with Gasteiger partial charge in [-0.25, -0.2) is 9.79 Å². The van der Waals surface area contributed by atoms with Crippen LogP contribution in [0.5, 0.6) is 5.75 Å². The monoisotopic (exact) mass is 493 g/mol. The minimum absolute atomic E-state index is 0.127. The highest BCUT2D eigenvalue weighted by Crippen LogP contribution is 2.35. The maximum absolute atomic E-state index is 12.9. The predicted octanol–water partition coefficient (Wildman–Crippen LogP) is 3.21. The molecule has 2 heterocycles. The third-order valence-electron chi connectivity index (χ3n) is 7.00. The summed E-state index contributed by atoms with van der Waals surface area (Å²) in [4.78, 5) is 29.1. The topological polar surface area (TPSA) is 120 Å². The third-order valence-corrected chi connectivity index (χ3v) is 7.00. The molecular weight excluding hydrogens is 458 g/mol. The van der Waals surface area contributed by atoms with Crippen molar-refractivity contribution in [3.05, 3.63) is 59.7 Å². The Morgan fingerprint density at radius 1 is 1.08 bits per heavy atom. The van der Waals surface area contributed by atoms with Crippen LogP contribution in [-0.4, -0.2) is 60.1 Å². The highest BCUT2D eigenvalue weighted by atomic mass is 16.5. The van der Waals surface area contributed by atoms with Crippen molar-refractivity contribution in [1.82, 2.24) is 10.6 Å². The summed E-state index contributed by atoms with van der Waals surface area (Å²) in [5.41, 5.74) is 2.29. The minimum Gasteiger partial charge on any atom is -0.494 e. The lowest BCUT2D eigenvalue weighted by Gasteiger charge is -2.22. The van der Waals surface area contributed by atoms with E-state index in [1.807, 2.05) is 36.4 Å². The maximum Gasteiger partial charge on any atom is 0.326 e. The molecule has 2 unspecified atom stereocenters. The van der Waals surface area contributed by atoms with Crippen molar-refractivity contribution in [2.24, 2.45) is 10.9 Å². The van der Waals surface area contributed by atoms with Crippen LogP contribution in [0.2, 0.25) is 0 Å². The van der Waals surface area contributed by atoms with Crippen molar-refractivity contribution in [3.63, 3.8) is 0 Å². The molecule has 4 rings (SSSR count). The second-order valence-electron chi connectivity index (χ2n) is 9.54. The number of fused-ring (bicyclic) bond motifs is 1. The SMILES string of the molecule is O=C(NC(Cc1ccc(OCCCCC2CCNCC2)cc1)C(=O)O)C1=Nc2ccccc2C1CO. The Morgan fingerprint density at radius 2 is 1.83 bits per heavy atom. The molecule has 36 heavy (non-hydrogen) atoms. The lowest BCUT2D eigenvalue weighted by Crippen LogP contribution is -2.46. The lowest BCUT2D eigenvalue weighted by atomic mass is 9.93. The van der Waals surface area contributed by atoms with Crippen LogP contribution < -0.4 is 15.4 Å². The standard InChI is InChI=1S/C28H35N3O5/c32-18-23-22-6-1-2-7-24(22)30-26(23)27(33)31-25(28(34)35)17-20-8-10-21(11-9-20)36-16-4-3-5-19-12-14-29-15-13-19/h1-2,6-11,19,23,25,29,32H,3-5,12-18H2,(H,31,33)(H,34,35). The van der Waals surface area contributed by atoms with Gasteiger partial charge in [0.25, 0.3) is 5.91 Å². The Hall–Kier alpha value is -3.23. The molecule has 2 aromatic carbocycles. The second-order valence-corrected chi connectivity index (χ2v) is 9.54. The number of carboxylic acid groups (broad SMARTS) is 1. The number of carbonyl (C=O) groups is 2. The number of aliphatic carboxylic acids is 1. The second kappa shape index (κ2) is 12.6. The molecule has 192 valence electrons. The number of para-hydroxylation sites is 1. The number of aliphatic imine (C=N–C) groups is 1. The smallest absolute Gasteiger partial charge is 0.326 e. The molecule has 1 amide bonds. The zero-order valence-electron chi connectivity index (χ0n) is 20.5. The summed E-state index contributed by atoms with van der Waals surface area (Å²) in [5, 5.41) is 25.5. The molecule has 2 aliphatic heterocycles. The zero-order valence-corrected chi connectivity index (χ0v) is 20.5. The van der Waals surface area contributed by atoms with Gasteiger partial charge in [0.1, 0.15) is 17.5 Å². The Labute approximate surface area is 211 Å². The molecule has 0 saturated carbocycles. The van der Waals surface area contributed by atoms with E-state index in [0.717, 1.165) is 48.7 Å². The zero-order chi connectivity index (χ0) is 25.3. The van der Waals surface area contributed by atoms with E-state index >= 15 is 0 Å². The fourth-order valence-electron chi connectivity index (χ4n) is 4.92. The van der Waals surface area contributed by atoms with Gasteiger partial charge in [0.15, 0.2) is 0 Å². The van der Waals surface area contributed by atoms with E-state index in [0.29, 0.717) is 12.3 Å². The van der Waals surface area contributed by atoms with Crippen LogP contribution in [0.25, 0.3) is 0 Å². The third kappa shape index (κ3) is 6.71. The van der Waals surface area contributed by atoms with Gasteiger partial charge in [-0.05, 0) is 74.0 Å². The summed E-state index contributed by atoms with van der Waals surface area (Å²) in [6.45, 7) is 2.65. The molecule has 2 aliphatic rings. The first kappa shape index (κ1) is 25.9. The Bertz CT molecular complexity index is 1060. The van der Waals surface area contributed by atoms with Gasteiger partial charge < -0.3 is 25.6 Å². The molecule has 0 radical (unpaired) electrons. The van der Waals surface area contributed by atoms with Gasteiger partial charge in [0.2, 0.25) is 0 Å². The first-order valence-electron chi connectivity index (χ1n) is 12.8. The Kier molecular flexibility index (Phi) is 9.08. The first-order chi connectivity index (χ1) is 17.5. The van der Waals surface area contributed by atoms with Crippen LogP contribution in [0.1, 0.15) is 49.1 Å². The van der Waals surface area contributed by atoms with Crippen molar-refractivity contribution in [2.45, 2.75) is 50.5 Å². The fourth-order valence-corrected chi connectivity index (χ4v) is 4.92. The molecule has 0 bridgehead atoms. The number of unbranched alkanes of at least 4 members (excludes halogenated alkanes) is 1. The van der Waals surface area contributed by atoms with Crippen LogP contribution >= 0.6 is 0 Å². The van der Waals surface area contributed by atoms with E-state index in [1.165, 1.54) is 19.3 Å². The van der Waals surface area contributed by atoms with E-state index in [9.17, 15) is 19.8 Å². The summed E-state index contributed by atoms with van der Waals surface area (Å²) in [5.74, 6) is -0.692. The quantitative estimate of drug-likeness (QED) is 0.337. The van der Waals surface area contributed by atoms with Gasteiger partial charge in [-0.15, -0.1) is 0 Å². The number of hydrogen-bond acceptors (Lipinski definition) is 6. The van der Waals surface area contributed by atoms with Crippen LogP contribution in [0, 0.1) is 5.92 Å². The van der Waals surface area contributed by atoms with Crippen molar-refractivity contribution >= 4 is 23.3 Å². The van der Waals surface area contributed by atoms with Crippen molar-refractivity contribution in [3.8, 4) is 5.75 Å². The summed E-state index contributed by atoms with van der Waals surface area (Å²) >= 11 is 0. The number of amides is 1. The number of aliphatic hydroxyl groups is 1. The van der Waals surface area contributed by atoms with Gasteiger partial charge in [-0.2, -0.15) is 0 Å². The van der Waals surface area contributed by atoms with E-state index in [2.05, 4.69) is 15.6 Å². The molecule has 0 spiro atoms. The van der Waals surface area contributed by atoms with Crippen molar-refractivity contribution in [1.29, 1.82) is 0 Å². The molecule has 0 aliphatic carbocycles. The van der Waals surface area contributed by atoms with Gasteiger partial charge in [0.05, 0.1) is 24.8 Å². The summed E-state index contributed by atoms with van der Waals surface area (Å²) in [6, 6.07) is 13.4. The average Bonchev–Trinajstić information content (AvgIpc) is 3.28. The number of aliphatic hydroxyl groups excluding tert-OH is 1. The highest BCUT2D eigenvalue weighted by molar-refractivity contribution is 6.43. The molecule has 8 heteroatoms. The summed E-state index contributed by atoms with van der Waals surface area (Å²) < 4.78 is 5.85. The molecule has 2 atom stereocenters. The minimum atomic E-state index is -1.13. The summed E-state index contributed by atoms with van der Waals surface area (Å²) in [7, 11) is 0. The number of hydrogen-bond donors (Lipinski definition) is 4. The van der Waals surface area contributed by atoms with Crippen LogP contribution in [-0.2, 0) is 16.0 Å². The fraction of sp³-hybridized carbons (Fsp3) is 0.464. The molecule has 1 fully saturated rings.